The largest absolute Gasteiger partial charge is 0.310 e. The predicted octanol–water partition coefficient (Wildman–Crippen LogP) is 24.9. The standard InChI is InChI=1S/C80H82ClN3S/c1-76(2,3)58-27-36-63(37-28-58)82(64-38-29-59(30-39-64)77(4,5)6)70-51-67(44-45-68(70)56-26-25-54-23-19-20-24-55(54)47-56)83(65-40-31-60(32-41-65)78(7,8)9)71-48-57(53-21-17-16-18-22-53)49-72(75(71)81)84(66-42-33-61(34-43-66)79(10,11)12)73-52-85-74-46-35-62(50-69(73)74)80(13,14)15/h16-52H,1-15H3. The molecule has 0 atom stereocenters. The third-order valence-corrected chi connectivity index (χ3v) is 18.1. The third kappa shape index (κ3) is 12.2. The van der Waals surface area contributed by atoms with Crippen molar-refractivity contribution in [2.24, 2.45) is 0 Å². The minimum absolute atomic E-state index is 0.0271. The molecule has 1 aromatic heterocycles. The molecule has 0 aliphatic rings. The van der Waals surface area contributed by atoms with E-state index in [1.165, 1.54) is 48.7 Å². The van der Waals surface area contributed by atoms with Gasteiger partial charge in [0.25, 0.3) is 0 Å². The van der Waals surface area contributed by atoms with Crippen molar-refractivity contribution in [3.8, 4) is 22.3 Å². The molecule has 0 fully saturated rings. The first kappa shape index (κ1) is 58.9. The van der Waals surface area contributed by atoms with Gasteiger partial charge < -0.3 is 14.7 Å². The van der Waals surface area contributed by atoms with Crippen LogP contribution in [0.5, 0.6) is 0 Å². The van der Waals surface area contributed by atoms with Crippen molar-refractivity contribution < 1.29 is 0 Å². The maximum absolute atomic E-state index is 8.48. The molecule has 85 heavy (non-hydrogen) atoms. The fraction of sp³-hybridized carbons (Fsp3) is 0.250. The number of rotatable bonds is 11. The van der Waals surface area contributed by atoms with Crippen molar-refractivity contribution in [1.82, 2.24) is 0 Å². The summed E-state index contributed by atoms with van der Waals surface area (Å²) in [7, 11) is 0. The van der Waals surface area contributed by atoms with Gasteiger partial charge in [-0.05, 0) is 173 Å². The predicted molar refractivity (Wildman–Crippen MR) is 373 cm³/mol. The fourth-order valence-corrected chi connectivity index (χ4v) is 12.7. The average Bonchev–Trinajstić information content (AvgIpc) is 2.18. The van der Waals surface area contributed by atoms with Crippen molar-refractivity contribution in [2.75, 3.05) is 14.7 Å². The van der Waals surface area contributed by atoms with Crippen molar-refractivity contribution in [3.05, 3.63) is 257 Å². The average molecular weight is 1150 g/mol. The molecule has 0 saturated heterocycles. The zero-order chi connectivity index (χ0) is 60.4. The maximum atomic E-state index is 8.48. The van der Waals surface area contributed by atoms with Gasteiger partial charge in [-0.25, -0.2) is 0 Å². The number of nitrogens with zero attached hydrogens (tertiary/aromatic N) is 3. The van der Waals surface area contributed by atoms with E-state index >= 15 is 0 Å². The summed E-state index contributed by atoms with van der Waals surface area (Å²) in [6, 6.07) is 81.5. The van der Waals surface area contributed by atoms with Crippen molar-refractivity contribution >= 4 is 95.0 Å². The summed E-state index contributed by atoms with van der Waals surface area (Å²) >= 11 is 10.3. The van der Waals surface area contributed by atoms with E-state index in [-0.39, 0.29) is 27.1 Å². The summed E-state index contributed by atoms with van der Waals surface area (Å²) in [6.45, 7) is 34.3. The Balaban J connectivity index is 1.23. The number of hydrogen-bond acceptors (Lipinski definition) is 4. The highest BCUT2D eigenvalue weighted by molar-refractivity contribution is 7.17. The summed E-state index contributed by atoms with van der Waals surface area (Å²) in [5, 5.41) is 6.52. The molecular formula is C80H82ClN3S. The molecule has 10 aromatic carbocycles. The van der Waals surface area contributed by atoms with Crippen LogP contribution in [0.2, 0.25) is 5.02 Å². The number of fused-ring (bicyclic) bond motifs is 2. The number of thiophene rings is 1. The third-order valence-electron chi connectivity index (χ3n) is 16.8. The van der Waals surface area contributed by atoms with E-state index < -0.39 is 0 Å². The van der Waals surface area contributed by atoms with Crippen LogP contribution in [0, 0.1) is 0 Å². The van der Waals surface area contributed by atoms with Gasteiger partial charge in [-0.1, -0.05) is 243 Å². The Morgan fingerprint density at radius 1 is 0.294 bits per heavy atom. The zero-order valence-electron chi connectivity index (χ0n) is 52.5. The zero-order valence-corrected chi connectivity index (χ0v) is 54.1. The van der Waals surface area contributed by atoms with Gasteiger partial charge in [-0.2, -0.15) is 0 Å². The Labute approximate surface area is 516 Å². The fourth-order valence-electron chi connectivity index (χ4n) is 11.5. The SMILES string of the molecule is CC(C)(C)c1ccc(N(c2ccc(C(C)(C)C)cc2)c2cc(N(c3ccc(C(C)(C)C)cc3)c3cc(-c4ccccc4)cc(N(c4ccc(C(C)(C)C)cc4)c4csc5ccc(C(C)(C)C)cc45)c3Cl)ccc2-c2ccc3ccccc3c2)cc1. The minimum atomic E-state index is -0.0686. The monoisotopic (exact) mass is 1150 g/mol. The Morgan fingerprint density at radius 3 is 1.19 bits per heavy atom. The van der Waals surface area contributed by atoms with Crippen LogP contribution >= 0.6 is 22.9 Å². The Morgan fingerprint density at radius 2 is 0.706 bits per heavy atom. The van der Waals surface area contributed by atoms with E-state index in [1.807, 2.05) is 0 Å². The van der Waals surface area contributed by atoms with E-state index in [4.69, 9.17) is 11.6 Å². The molecule has 430 valence electrons. The van der Waals surface area contributed by atoms with Gasteiger partial charge in [0.2, 0.25) is 0 Å². The molecule has 0 amide bonds. The molecule has 0 aliphatic heterocycles. The number of anilines is 9. The normalized spacial score (nSPS) is 12.5. The van der Waals surface area contributed by atoms with Gasteiger partial charge >= 0.3 is 0 Å². The highest BCUT2D eigenvalue weighted by atomic mass is 35.5. The van der Waals surface area contributed by atoms with E-state index in [9.17, 15) is 0 Å². The molecular weight excluding hydrogens is 1070 g/mol. The van der Waals surface area contributed by atoms with Crippen LogP contribution in [0.25, 0.3) is 43.1 Å². The molecule has 0 unspecified atom stereocenters. The smallest absolute Gasteiger partial charge is 0.0887 e. The lowest BCUT2D eigenvalue weighted by atomic mass is 9.86. The molecule has 3 nitrogen and oxygen atoms in total. The molecule has 0 N–H and O–H groups in total. The minimum Gasteiger partial charge on any atom is -0.310 e. The summed E-state index contributed by atoms with van der Waals surface area (Å²) in [5.74, 6) is 0. The Hall–Kier alpha value is -7.89. The van der Waals surface area contributed by atoms with Crippen LogP contribution in [0.15, 0.2) is 224 Å². The lowest BCUT2D eigenvalue weighted by Crippen LogP contribution is -2.17. The number of benzene rings is 10. The second kappa shape index (κ2) is 22.5. The number of hydrogen-bond donors (Lipinski definition) is 0. The molecule has 0 radical (unpaired) electrons. The molecule has 0 saturated carbocycles. The molecule has 0 spiro atoms. The van der Waals surface area contributed by atoms with Gasteiger partial charge in [-0.3, -0.25) is 0 Å². The quantitative estimate of drug-likeness (QED) is 0.128. The lowest BCUT2D eigenvalue weighted by Gasteiger charge is -2.34. The van der Waals surface area contributed by atoms with Gasteiger partial charge in [0.05, 0.1) is 27.8 Å². The van der Waals surface area contributed by atoms with E-state index in [2.05, 4.69) is 342 Å². The van der Waals surface area contributed by atoms with Crippen LogP contribution in [-0.2, 0) is 27.1 Å². The van der Waals surface area contributed by atoms with E-state index in [0.717, 1.165) is 73.4 Å². The summed E-state index contributed by atoms with van der Waals surface area (Å²) in [6.07, 6.45) is 0. The Kier molecular flexibility index (Phi) is 15.6. The Bertz CT molecular complexity index is 4120. The van der Waals surface area contributed by atoms with Crippen molar-refractivity contribution in [1.29, 1.82) is 0 Å². The highest BCUT2D eigenvalue weighted by Gasteiger charge is 2.30. The van der Waals surface area contributed by atoms with Crippen LogP contribution in [0.4, 0.5) is 51.2 Å². The molecule has 11 rings (SSSR count). The first-order valence-electron chi connectivity index (χ1n) is 30.1. The lowest BCUT2D eigenvalue weighted by molar-refractivity contribution is 0.590. The molecule has 0 aliphatic carbocycles. The van der Waals surface area contributed by atoms with Crippen molar-refractivity contribution in [2.45, 2.75) is 131 Å². The van der Waals surface area contributed by atoms with Gasteiger partial charge in [0.1, 0.15) is 0 Å². The van der Waals surface area contributed by atoms with Crippen molar-refractivity contribution in [3.63, 3.8) is 0 Å². The molecule has 0 bridgehead atoms. The van der Waals surface area contributed by atoms with Crippen LogP contribution in [0.1, 0.15) is 132 Å². The van der Waals surface area contributed by atoms with Gasteiger partial charge in [0, 0.05) is 49.5 Å². The maximum Gasteiger partial charge on any atom is 0.0887 e. The van der Waals surface area contributed by atoms with Crippen LogP contribution in [0.3, 0.4) is 0 Å². The van der Waals surface area contributed by atoms with E-state index in [1.54, 1.807) is 11.3 Å². The molecule has 11 aromatic rings. The van der Waals surface area contributed by atoms with Gasteiger partial charge in [0.15, 0.2) is 0 Å². The summed E-state index contributed by atoms with van der Waals surface area (Å²) in [4.78, 5) is 7.26. The summed E-state index contributed by atoms with van der Waals surface area (Å²) < 4.78 is 1.22. The topological polar surface area (TPSA) is 9.72 Å². The van der Waals surface area contributed by atoms with Crippen LogP contribution < -0.4 is 14.7 Å². The second-order valence-corrected chi connectivity index (χ2v) is 29.5. The molecule has 1 heterocycles. The number of halogens is 1. The highest BCUT2D eigenvalue weighted by Crippen LogP contribution is 2.53. The van der Waals surface area contributed by atoms with E-state index in [0.29, 0.717) is 5.02 Å². The molecule has 5 heteroatoms. The van der Waals surface area contributed by atoms with Gasteiger partial charge in [-0.15, -0.1) is 11.3 Å². The second-order valence-electron chi connectivity index (χ2n) is 28.2. The first-order chi connectivity index (χ1) is 40.2. The first-order valence-corrected chi connectivity index (χ1v) is 31.3. The van der Waals surface area contributed by atoms with Crippen LogP contribution in [-0.4, -0.2) is 0 Å². The summed E-state index contributed by atoms with van der Waals surface area (Å²) in [5.41, 5.74) is 19.5.